The van der Waals surface area contributed by atoms with Crippen molar-refractivity contribution in [1.29, 1.82) is 0 Å². The second-order valence-electron chi connectivity index (χ2n) is 5.55. The summed E-state index contributed by atoms with van der Waals surface area (Å²) in [5.41, 5.74) is 1.37. The predicted molar refractivity (Wildman–Crippen MR) is 97.1 cm³/mol. The van der Waals surface area contributed by atoms with E-state index in [4.69, 9.17) is 21.1 Å². The van der Waals surface area contributed by atoms with E-state index >= 15 is 0 Å². The van der Waals surface area contributed by atoms with E-state index in [9.17, 15) is 4.79 Å². The second-order valence-corrected chi connectivity index (χ2v) is 6.81. The SMILES string of the molecule is CC(NC(=O)c1ccccc1Cl)c1cc2c(cc1Br)OCCCO2. The van der Waals surface area contributed by atoms with Gasteiger partial charge in [-0.25, -0.2) is 0 Å². The molecular formula is C18H17BrClNO3. The number of carbonyl (C=O) groups is 1. The number of benzene rings is 2. The largest absolute Gasteiger partial charge is 0.490 e. The number of amides is 1. The molecule has 3 rings (SSSR count). The van der Waals surface area contributed by atoms with Crippen LogP contribution in [0, 0.1) is 0 Å². The van der Waals surface area contributed by atoms with Gasteiger partial charge in [0.05, 0.1) is 29.8 Å². The highest BCUT2D eigenvalue weighted by Gasteiger charge is 2.19. The molecule has 0 bridgehead atoms. The first-order valence-electron chi connectivity index (χ1n) is 7.70. The first-order chi connectivity index (χ1) is 11.6. The summed E-state index contributed by atoms with van der Waals surface area (Å²) in [5, 5.41) is 3.40. The van der Waals surface area contributed by atoms with Gasteiger partial charge in [0.15, 0.2) is 11.5 Å². The molecule has 24 heavy (non-hydrogen) atoms. The summed E-state index contributed by atoms with van der Waals surface area (Å²) in [6.07, 6.45) is 0.848. The van der Waals surface area contributed by atoms with Crippen LogP contribution in [-0.4, -0.2) is 19.1 Å². The minimum Gasteiger partial charge on any atom is -0.490 e. The Hall–Kier alpha value is -1.72. The summed E-state index contributed by atoms with van der Waals surface area (Å²) in [7, 11) is 0. The molecule has 126 valence electrons. The summed E-state index contributed by atoms with van der Waals surface area (Å²) in [5.74, 6) is 1.20. The first-order valence-corrected chi connectivity index (χ1v) is 8.88. The molecule has 1 N–H and O–H groups in total. The Morgan fingerprint density at radius 2 is 1.88 bits per heavy atom. The summed E-state index contributed by atoms with van der Waals surface area (Å²) in [6.45, 7) is 3.17. The fraction of sp³-hybridized carbons (Fsp3) is 0.278. The van der Waals surface area contributed by atoms with Gasteiger partial charge in [0, 0.05) is 10.9 Å². The van der Waals surface area contributed by atoms with Gasteiger partial charge < -0.3 is 14.8 Å². The molecule has 0 radical (unpaired) electrons. The summed E-state index contributed by atoms with van der Waals surface area (Å²) < 4.78 is 12.3. The number of halogens is 2. The summed E-state index contributed by atoms with van der Waals surface area (Å²) in [6, 6.07) is 10.5. The number of fused-ring (bicyclic) bond motifs is 1. The zero-order valence-corrected chi connectivity index (χ0v) is 15.5. The lowest BCUT2D eigenvalue weighted by Gasteiger charge is -2.18. The van der Waals surface area contributed by atoms with Gasteiger partial charge in [-0.2, -0.15) is 0 Å². The zero-order valence-electron chi connectivity index (χ0n) is 13.1. The first kappa shape index (κ1) is 17.1. The van der Waals surface area contributed by atoms with Gasteiger partial charge in [0.2, 0.25) is 0 Å². The lowest BCUT2D eigenvalue weighted by Crippen LogP contribution is -2.27. The van der Waals surface area contributed by atoms with Crippen molar-refractivity contribution >= 4 is 33.4 Å². The maximum Gasteiger partial charge on any atom is 0.253 e. The maximum atomic E-state index is 12.4. The number of hydrogen-bond donors (Lipinski definition) is 1. The van der Waals surface area contributed by atoms with Crippen LogP contribution in [-0.2, 0) is 0 Å². The van der Waals surface area contributed by atoms with Gasteiger partial charge in [0.25, 0.3) is 5.91 Å². The molecule has 0 saturated heterocycles. The third kappa shape index (κ3) is 3.68. The molecular weight excluding hydrogens is 394 g/mol. The van der Waals surface area contributed by atoms with E-state index < -0.39 is 0 Å². The topological polar surface area (TPSA) is 47.6 Å². The molecule has 1 unspecified atom stereocenters. The summed E-state index contributed by atoms with van der Waals surface area (Å²) >= 11 is 9.64. The van der Waals surface area contributed by atoms with Crippen molar-refractivity contribution in [2.24, 2.45) is 0 Å². The minimum atomic E-state index is -0.222. The van der Waals surface area contributed by atoms with E-state index in [-0.39, 0.29) is 11.9 Å². The molecule has 1 aliphatic rings. The summed E-state index contributed by atoms with van der Waals surface area (Å²) in [4.78, 5) is 12.4. The molecule has 1 aliphatic heterocycles. The Morgan fingerprint density at radius 3 is 2.58 bits per heavy atom. The van der Waals surface area contributed by atoms with Crippen molar-refractivity contribution in [1.82, 2.24) is 5.32 Å². The van der Waals surface area contributed by atoms with E-state index in [0.29, 0.717) is 35.3 Å². The fourth-order valence-corrected chi connectivity index (χ4v) is 3.42. The predicted octanol–water partition coefficient (Wildman–Crippen LogP) is 4.75. The third-order valence-electron chi connectivity index (χ3n) is 3.80. The third-order valence-corrected chi connectivity index (χ3v) is 4.82. The van der Waals surface area contributed by atoms with Crippen molar-refractivity contribution in [3.8, 4) is 11.5 Å². The molecule has 2 aromatic carbocycles. The quantitative estimate of drug-likeness (QED) is 0.794. The number of carbonyl (C=O) groups excluding carboxylic acids is 1. The van der Waals surface area contributed by atoms with Gasteiger partial charge in [-0.3, -0.25) is 4.79 Å². The van der Waals surface area contributed by atoms with Crippen LogP contribution < -0.4 is 14.8 Å². The van der Waals surface area contributed by atoms with Crippen LogP contribution in [0.1, 0.15) is 35.3 Å². The Labute approximate surface area is 154 Å². The molecule has 1 atom stereocenters. The molecule has 4 nitrogen and oxygen atoms in total. The van der Waals surface area contributed by atoms with Gasteiger partial charge in [-0.15, -0.1) is 0 Å². The van der Waals surface area contributed by atoms with Crippen LogP contribution in [0.2, 0.25) is 5.02 Å². The highest BCUT2D eigenvalue weighted by molar-refractivity contribution is 9.10. The van der Waals surface area contributed by atoms with E-state index in [2.05, 4.69) is 21.2 Å². The Morgan fingerprint density at radius 1 is 1.21 bits per heavy atom. The van der Waals surface area contributed by atoms with Gasteiger partial charge >= 0.3 is 0 Å². The number of nitrogens with one attached hydrogen (secondary N) is 1. The molecule has 2 aromatic rings. The van der Waals surface area contributed by atoms with Crippen LogP contribution in [0.25, 0.3) is 0 Å². The Kier molecular flexibility index (Phi) is 5.31. The van der Waals surface area contributed by atoms with Crippen LogP contribution in [0.3, 0.4) is 0 Å². The van der Waals surface area contributed by atoms with Gasteiger partial charge in [-0.1, -0.05) is 39.7 Å². The smallest absolute Gasteiger partial charge is 0.253 e. The van der Waals surface area contributed by atoms with E-state index in [0.717, 1.165) is 16.5 Å². The number of rotatable bonds is 3. The zero-order chi connectivity index (χ0) is 17.1. The van der Waals surface area contributed by atoms with Crippen LogP contribution >= 0.6 is 27.5 Å². The van der Waals surface area contributed by atoms with Gasteiger partial charge in [-0.05, 0) is 36.8 Å². The van der Waals surface area contributed by atoms with E-state index in [1.807, 2.05) is 19.1 Å². The number of ether oxygens (including phenoxy) is 2. The highest BCUT2D eigenvalue weighted by atomic mass is 79.9. The molecule has 0 saturated carbocycles. The monoisotopic (exact) mass is 409 g/mol. The molecule has 0 fully saturated rings. The average molecular weight is 411 g/mol. The highest BCUT2D eigenvalue weighted by Crippen LogP contribution is 2.37. The van der Waals surface area contributed by atoms with Crippen LogP contribution in [0.15, 0.2) is 40.9 Å². The molecule has 0 aromatic heterocycles. The van der Waals surface area contributed by atoms with E-state index in [1.165, 1.54) is 0 Å². The Balaban J connectivity index is 1.82. The van der Waals surface area contributed by atoms with Crippen molar-refractivity contribution in [2.45, 2.75) is 19.4 Å². The molecule has 1 heterocycles. The number of hydrogen-bond acceptors (Lipinski definition) is 3. The lowest BCUT2D eigenvalue weighted by atomic mass is 10.1. The molecule has 0 aliphatic carbocycles. The van der Waals surface area contributed by atoms with Crippen LogP contribution in [0.5, 0.6) is 11.5 Å². The van der Waals surface area contributed by atoms with Gasteiger partial charge in [0.1, 0.15) is 0 Å². The van der Waals surface area contributed by atoms with E-state index in [1.54, 1.807) is 24.3 Å². The second kappa shape index (κ2) is 7.45. The van der Waals surface area contributed by atoms with Crippen molar-refractivity contribution in [3.63, 3.8) is 0 Å². The minimum absolute atomic E-state index is 0.216. The molecule has 0 spiro atoms. The Bertz CT molecular complexity index is 766. The molecule has 1 amide bonds. The van der Waals surface area contributed by atoms with Crippen molar-refractivity contribution in [3.05, 3.63) is 57.0 Å². The fourth-order valence-electron chi connectivity index (χ4n) is 2.53. The maximum absolute atomic E-state index is 12.4. The van der Waals surface area contributed by atoms with Crippen molar-refractivity contribution < 1.29 is 14.3 Å². The molecule has 6 heteroatoms. The standard InChI is InChI=1S/C18H17BrClNO3/c1-11(21-18(22)12-5-2-3-6-15(12)20)13-9-16-17(10-14(13)19)24-8-4-7-23-16/h2-3,5-6,9-11H,4,7-8H2,1H3,(H,21,22). The average Bonchev–Trinajstić information content (AvgIpc) is 2.79. The van der Waals surface area contributed by atoms with Crippen molar-refractivity contribution in [2.75, 3.05) is 13.2 Å². The van der Waals surface area contributed by atoms with Crippen LogP contribution in [0.4, 0.5) is 0 Å². The normalized spacial score (nSPS) is 14.6. The lowest BCUT2D eigenvalue weighted by molar-refractivity contribution is 0.0940.